The molecule has 8 nitrogen and oxygen atoms in total. The van der Waals surface area contributed by atoms with Crippen molar-refractivity contribution in [1.29, 1.82) is 0 Å². The van der Waals surface area contributed by atoms with Gasteiger partial charge in [-0.05, 0) is 26.7 Å². The largest absolute Gasteiger partial charge is 0.298 e. The Morgan fingerprint density at radius 2 is 1.60 bits per heavy atom. The maximum atomic E-state index is 13.0. The lowest BCUT2D eigenvalue weighted by Crippen LogP contribution is -2.53. The Kier molecular flexibility index (Phi) is 5.00. The zero-order valence-corrected chi connectivity index (χ0v) is 16.6. The van der Waals surface area contributed by atoms with Crippen molar-refractivity contribution < 1.29 is 16.8 Å². The van der Waals surface area contributed by atoms with Crippen molar-refractivity contribution in [1.82, 2.24) is 19.0 Å². The van der Waals surface area contributed by atoms with E-state index in [0.717, 1.165) is 0 Å². The van der Waals surface area contributed by atoms with Crippen LogP contribution in [0.3, 0.4) is 0 Å². The first-order valence-electron chi connectivity index (χ1n) is 8.56. The number of hydrogen-bond donors (Lipinski definition) is 0. The Bertz CT molecular complexity index is 838. The Hall–Kier alpha value is -0.970. The molecule has 0 N–H and O–H groups in total. The van der Waals surface area contributed by atoms with Gasteiger partial charge in [-0.2, -0.15) is 9.40 Å². The number of aryl methyl sites for hydroxylation is 2. The third-order valence-corrected chi connectivity index (χ3v) is 9.22. The highest BCUT2D eigenvalue weighted by molar-refractivity contribution is 7.91. The maximum absolute atomic E-state index is 13.0. The van der Waals surface area contributed by atoms with Gasteiger partial charge >= 0.3 is 0 Å². The molecule has 0 saturated carbocycles. The standard InChI is InChI=1S/C15H26N4O4S2/c1-12-15(13(2)17(3)16-12)25(22,23)19-8-6-18(7-9-19)14-4-10-24(20,21)11-5-14/h14H,4-11H2,1-3H3. The summed E-state index contributed by atoms with van der Waals surface area (Å²) >= 11 is 0. The van der Waals surface area contributed by atoms with Crippen LogP contribution in [0.4, 0.5) is 0 Å². The Morgan fingerprint density at radius 1 is 1.04 bits per heavy atom. The molecule has 0 aliphatic carbocycles. The van der Waals surface area contributed by atoms with E-state index in [1.165, 1.54) is 4.31 Å². The lowest BCUT2D eigenvalue weighted by atomic mass is 10.1. The molecule has 0 spiro atoms. The zero-order valence-electron chi connectivity index (χ0n) is 15.0. The maximum Gasteiger partial charge on any atom is 0.246 e. The number of aromatic nitrogens is 2. The normalized spacial score (nSPS) is 23.8. The third-order valence-electron chi connectivity index (χ3n) is 5.35. The second kappa shape index (κ2) is 6.64. The smallest absolute Gasteiger partial charge is 0.246 e. The monoisotopic (exact) mass is 390 g/mol. The van der Waals surface area contributed by atoms with Gasteiger partial charge in [0.25, 0.3) is 0 Å². The van der Waals surface area contributed by atoms with Gasteiger partial charge in [-0.15, -0.1) is 0 Å². The molecule has 2 fully saturated rings. The molecule has 2 saturated heterocycles. The summed E-state index contributed by atoms with van der Waals surface area (Å²) in [5, 5.41) is 4.22. The van der Waals surface area contributed by atoms with Crippen LogP contribution in [0.2, 0.25) is 0 Å². The minimum atomic E-state index is -3.55. The SMILES string of the molecule is Cc1nn(C)c(C)c1S(=O)(=O)N1CCN(C2CCS(=O)(=O)CC2)CC1. The number of sulfonamides is 1. The summed E-state index contributed by atoms with van der Waals surface area (Å²) < 4.78 is 52.2. The van der Waals surface area contributed by atoms with Crippen molar-refractivity contribution in [2.24, 2.45) is 7.05 Å². The van der Waals surface area contributed by atoms with E-state index in [1.54, 1.807) is 25.6 Å². The van der Waals surface area contributed by atoms with E-state index in [1.807, 2.05) is 0 Å². The minimum absolute atomic E-state index is 0.240. The van der Waals surface area contributed by atoms with E-state index >= 15 is 0 Å². The minimum Gasteiger partial charge on any atom is -0.298 e. The van der Waals surface area contributed by atoms with Crippen LogP contribution >= 0.6 is 0 Å². The topological polar surface area (TPSA) is 92.6 Å². The van der Waals surface area contributed by atoms with Crippen LogP contribution in [0.15, 0.2) is 4.90 Å². The molecule has 25 heavy (non-hydrogen) atoms. The Labute approximate surface area is 149 Å². The lowest BCUT2D eigenvalue weighted by molar-refractivity contribution is 0.129. The number of nitrogens with zero attached hydrogens (tertiary/aromatic N) is 4. The van der Waals surface area contributed by atoms with Gasteiger partial charge in [0.15, 0.2) is 0 Å². The zero-order chi connectivity index (χ0) is 18.4. The highest BCUT2D eigenvalue weighted by Gasteiger charge is 2.35. The van der Waals surface area contributed by atoms with E-state index in [9.17, 15) is 16.8 Å². The molecule has 0 radical (unpaired) electrons. The first-order valence-corrected chi connectivity index (χ1v) is 11.8. The van der Waals surface area contributed by atoms with Crippen LogP contribution in [0.5, 0.6) is 0 Å². The van der Waals surface area contributed by atoms with Gasteiger partial charge < -0.3 is 0 Å². The molecule has 1 aromatic heterocycles. The molecule has 0 unspecified atom stereocenters. The fourth-order valence-corrected chi connectivity index (χ4v) is 7.10. The first-order chi connectivity index (χ1) is 11.6. The fraction of sp³-hybridized carbons (Fsp3) is 0.800. The average molecular weight is 391 g/mol. The number of hydrogen-bond acceptors (Lipinski definition) is 6. The number of rotatable bonds is 3. The van der Waals surface area contributed by atoms with Gasteiger partial charge in [-0.1, -0.05) is 0 Å². The molecule has 142 valence electrons. The molecule has 0 atom stereocenters. The summed E-state index contributed by atoms with van der Waals surface area (Å²) in [5.41, 5.74) is 1.18. The quantitative estimate of drug-likeness (QED) is 0.717. The van der Waals surface area contributed by atoms with Crippen molar-refractivity contribution in [2.45, 2.75) is 37.6 Å². The van der Waals surface area contributed by atoms with Gasteiger partial charge in [0.1, 0.15) is 14.7 Å². The van der Waals surface area contributed by atoms with E-state index in [-0.39, 0.29) is 17.5 Å². The summed E-state index contributed by atoms with van der Waals surface area (Å²) in [6.45, 7) is 5.63. The molecular formula is C15H26N4O4S2. The first kappa shape index (κ1) is 18.8. The van der Waals surface area contributed by atoms with Crippen molar-refractivity contribution in [3.8, 4) is 0 Å². The third kappa shape index (κ3) is 3.62. The predicted octanol–water partition coefficient (Wildman–Crippen LogP) is -0.0796. The second-order valence-electron chi connectivity index (χ2n) is 6.95. The molecule has 3 heterocycles. The van der Waals surface area contributed by atoms with Crippen LogP contribution < -0.4 is 0 Å². The van der Waals surface area contributed by atoms with Gasteiger partial charge in [0.2, 0.25) is 10.0 Å². The summed E-state index contributed by atoms with van der Waals surface area (Å²) in [6.07, 6.45) is 1.30. The summed E-state index contributed by atoms with van der Waals surface area (Å²) in [6, 6.07) is 0.246. The predicted molar refractivity (Wildman–Crippen MR) is 94.7 cm³/mol. The van der Waals surface area contributed by atoms with Crippen molar-refractivity contribution in [3.63, 3.8) is 0 Å². The van der Waals surface area contributed by atoms with Gasteiger partial charge in [-0.25, -0.2) is 16.8 Å². The molecular weight excluding hydrogens is 364 g/mol. The summed E-state index contributed by atoms with van der Waals surface area (Å²) in [4.78, 5) is 2.55. The average Bonchev–Trinajstić information content (AvgIpc) is 2.80. The molecule has 10 heteroatoms. The van der Waals surface area contributed by atoms with Crippen molar-refractivity contribution in [3.05, 3.63) is 11.4 Å². The van der Waals surface area contributed by atoms with Crippen LogP contribution in [0, 0.1) is 13.8 Å². The molecule has 0 aromatic carbocycles. The highest BCUT2D eigenvalue weighted by Crippen LogP contribution is 2.25. The van der Waals surface area contributed by atoms with E-state index in [2.05, 4.69) is 10.00 Å². The van der Waals surface area contributed by atoms with Gasteiger partial charge in [-0.3, -0.25) is 9.58 Å². The van der Waals surface area contributed by atoms with Crippen LogP contribution in [0.1, 0.15) is 24.2 Å². The second-order valence-corrected chi connectivity index (χ2v) is 11.1. The fourth-order valence-electron chi connectivity index (χ4n) is 3.81. The molecule has 3 rings (SSSR count). The number of piperazine rings is 1. The van der Waals surface area contributed by atoms with Crippen LogP contribution in [-0.4, -0.2) is 79.5 Å². The highest BCUT2D eigenvalue weighted by atomic mass is 32.2. The van der Waals surface area contributed by atoms with E-state index in [0.29, 0.717) is 55.3 Å². The Morgan fingerprint density at radius 3 is 2.08 bits per heavy atom. The van der Waals surface area contributed by atoms with Crippen LogP contribution in [-0.2, 0) is 26.9 Å². The summed E-state index contributed by atoms with van der Waals surface area (Å²) in [7, 11) is -4.68. The Balaban J connectivity index is 1.68. The molecule has 0 bridgehead atoms. The van der Waals surface area contributed by atoms with E-state index < -0.39 is 19.9 Å². The van der Waals surface area contributed by atoms with E-state index in [4.69, 9.17) is 0 Å². The molecule has 1 aromatic rings. The van der Waals surface area contributed by atoms with Gasteiger partial charge in [0, 0.05) is 39.3 Å². The van der Waals surface area contributed by atoms with Crippen molar-refractivity contribution in [2.75, 3.05) is 37.7 Å². The van der Waals surface area contributed by atoms with Crippen molar-refractivity contribution >= 4 is 19.9 Å². The van der Waals surface area contributed by atoms with Crippen LogP contribution in [0.25, 0.3) is 0 Å². The molecule has 2 aliphatic rings. The number of sulfone groups is 1. The molecule has 0 amide bonds. The molecule has 2 aliphatic heterocycles. The summed E-state index contributed by atoms with van der Waals surface area (Å²) in [5.74, 6) is 0.481. The van der Waals surface area contributed by atoms with Gasteiger partial charge in [0.05, 0.1) is 22.9 Å². The lowest BCUT2D eigenvalue weighted by Gasteiger charge is -2.40.